The fourth-order valence-corrected chi connectivity index (χ4v) is 1.73. The van der Waals surface area contributed by atoms with Crippen molar-refractivity contribution in [1.29, 1.82) is 0 Å². The van der Waals surface area contributed by atoms with Gasteiger partial charge in [-0.1, -0.05) is 12.1 Å². The summed E-state index contributed by atoms with van der Waals surface area (Å²) in [5.41, 5.74) is 8.62. The minimum atomic E-state index is -0.714. The SMILES string of the molecule is Cc1ccc([N+](=O)[O-])c(C(=O)N/N=C(/N)c2ccccn2)c1. The van der Waals surface area contributed by atoms with E-state index in [4.69, 9.17) is 5.73 Å². The number of amides is 1. The predicted octanol–water partition coefficient (Wildman–Crippen LogP) is 1.35. The van der Waals surface area contributed by atoms with Gasteiger partial charge in [0.15, 0.2) is 5.84 Å². The molecule has 0 bridgehead atoms. The first-order valence-corrected chi connectivity index (χ1v) is 6.29. The van der Waals surface area contributed by atoms with Gasteiger partial charge in [0.2, 0.25) is 0 Å². The molecule has 0 fully saturated rings. The van der Waals surface area contributed by atoms with E-state index >= 15 is 0 Å². The Kier molecular flexibility index (Phi) is 4.42. The Labute approximate surface area is 125 Å². The number of aryl methyl sites for hydroxylation is 1. The Morgan fingerprint density at radius 2 is 2.14 bits per heavy atom. The molecule has 22 heavy (non-hydrogen) atoms. The molecule has 1 aromatic heterocycles. The van der Waals surface area contributed by atoms with E-state index in [-0.39, 0.29) is 17.1 Å². The van der Waals surface area contributed by atoms with Crippen LogP contribution in [0.15, 0.2) is 47.7 Å². The number of nitrogens with zero attached hydrogens (tertiary/aromatic N) is 3. The number of nitrogens with one attached hydrogen (secondary N) is 1. The average molecular weight is 299 g/mol. The smallest absolute Gasteiger partial charge is 0.282 e. The Balaban J connectivity index is 2.23. The number of hydrazone groups is 1. The second kappa shape index (κ2) is 6.44. The maximum Gasteiger partial charge on any atom is 0.282 e. The lowest BCUT2D eigenvalue weighted by atomic mass is 10.1. The molecule has 0 radical (unpaired) electrons. The molecular formula is C14H13N5O3. The second-order valence-electron chi connectivity index (χ2n) is 4.43. The number of nitro benzene ring substituents is 1. The van der Waals surface area contributed by atoms with Crippen molar-refractivity contribution < 1.29 is 9.72 Å². The highest BCUT2D eigenvalue weighted by Crippen LogP contribution is 2.19. The molecule has 0 saturated heterocycles. The summed E-state index contributed by atoms with van der Waals surface area (Å²) >= 11 is 0. The number of carbonyl (C=O) groups is 1. The number of hydrogen-bond donors (Lipinski definition) is 2. The van der Waals surface area contributed by atoms with Gasteiger partial charge in [0, 0.05) is 12.3 Å². The van der Waals surface area contributed by atoms with Crippen LogP contribution in [0.4, 0.5) is 5.69 Å². The van der Waals surface area contributed by atoms with Crippen LogP contribution in [-0.2, 0) is 0 Å². The van der Waals surface area contributed by atoms with Crippen molar-refractivity contribution in [2.45, 2.75) is 6.92 Å². The molecular weight excluding hydrogens is 286 g/mol. The van der Waals surface area contributed by atoms with Gasteiger partial charge in [0.05, 0.1) is 4.92 Å². The summed E-state index contributed by atoms with van der Waals surface area (Å²) in [6.45, 7) is 1.73. The standard InChI is InChI=1S/C14H13N5O3/c1-9-5-6-12(19(21)22)10(8-9)14(20)18-17-13(15)11-4-2-3-7-16-11/h2-8H,1H3,(H2,15,17)(H,18,20). The van der Waals surface area contributed by atoms with E-state index in [9.17, 15) is 14.9 Å². The molecule has 2 aromatic rings. The topological polar surface area (TPSA) is 124 Å². The van der Waals surface area contributed by atoms with Crippen molar-refractivity contribution in [3.05, 3.63) is 69.5 Å². The van der Waals surface area contributed by atoms with Crippen LogP contribution in [0.25, 0.3) is 0 Å². The maximum atomic E-state index is 12.1. The third-order valence-corrected chi connectivity index (χ3v) is 2.80. The normalized spacial score (nSPS) is 11.0. The molecule has 2 rings (SSSR count). The number of hydrogen-bond acceptors (Lipinski definition) is 5. The zero-order chi connectivity index (χ0) is 16.1. The fourth-order valence-electron chi connectivity index (χ4n) is 1.73. The number of carbonyl (C=O) groups excluding carboxylic acids is 1. The van der Waals surface area contributed by atoms with Crippen molar-refractivity contribution in [2.75, 3.05) is 0 Å². The lowest BCUT2D eigenvalue weighted by Crippen LogP contribution is -2.25. The van der Waals surface area contributed by atoms with Crippen molar-refractivity contribution >= 4 is 17.4 Å². The predicted molar refractivity (Wildman–Crippen MR) is 80.3 cm³/mol. The monoisotopic (exact) mass is 299 g/mol. The Morgan fingerprint density at radius 1 is 1.36 bits per heavy atom. The van der Waals surface area contributed by atoms with Crippen molar-refractivity contribution in [3.8, 4) is 0 Å². The number of nitro groups is 1. The minimum Gasteiger partial charge on any atom is -0.380 e. The van der Waals surface area contributed by atoms with E-state index in [1.54, 1.807) is 31.2 Å². The molecule has 1 amide bonds. The van der Waals surface area contributed by atoms with Crippen LogP contribution in [0, 0.1) is 17.0 Å². The van der Waals surface area contributed by atoms with Gasteiger partial charge in [-0.05, 0) is 30.7 Å². The van der Waals surface area contributed by atoms with Gasteiger partial charge in [-0.3, -0.25) is 19.9 Å². The number of rotatable bonds is 4. The van der Waals surface area contributed by atoms with Crippen molar-refractivity contribution in [2.24, 2.45) is 10.8 Å². The largest absolute Gasteiger partial charge is 0.380 e. The number of benzene rings is 1. The van der Waals surface area contributed by atoms with Crippen LogP contribution in [0.1, 0.15) is 21.6 Å². The Bertz CT molecular complexity index is 743. The molecule has 1 aromatic carbocycles. The average Bonchev–Trinajstić information content (AvgIpc) is 2.52. The summed E-state index contributed by atoms with van der Waals surface area (Å²) in [4.78, 5) is 26.4. The molecule has 8 nitrogen and oxygen atoms in total. The van der Waals surface area contributed by atoms with Gasteiger partial charge >= 0.3 is 0 Å². The summed E-state index contributed by atoms with van der Waals surface area (Å²) in [6.07, 6.45) is 1.53. The third-order valence-electron chi connectivity index (χ3n) is 2.80. The summed E-state index contributed by atoms with van der Waals surface area (Å²) in [5.74, 6) is -0.710. The van der Waals surface area contributed by atoms with Gasteiger partial charge in [-0.2, -0.15) is 5.10 Å². The Hall–Kier alpha value is -3.29. The van der Waals surface area contributed by atoms with E-state index in [1.807, 2.05) is 0 Å². The molecule has 0 aliphatic heterocycles. The number of nitrogens with two attached hydrogens (primary N) is 1. The highest BCUT2D eigenvalue weighted by molar-refractivity contribution is 6.00. The zero-order valence-electron chi connectivity index (χ0n) is 11.7. The van der Waals surface area contributed by atoms with Gasteiger partial charge in [-0.15, -0.1) is 0 Å². The van der Waals surface area contributed by atoms with E-state index in [2.05, 4.69) is 15.5 Å². The molecule has 0 spiro atoms. The van der Waals surface area contributed by atoms with Crippen molar-refractivity contribution in [1.82, 2.24) is 10.4 Å². The van der Waals surface area contributed by atoms with Crippen LogP contribution < -0.4 is 11.2 Å². The number of aromatic nitrogens is 1. The van der Waals surface area contributed by atoms with Crippen LogP contribution in [0.5, 0.6) is 0 Å². The molecule has 0 unspecified atom stereocenters. The lowest BCUT2D eigenvalue weighted by Gasteiger charge is -2.04. The summed E-state index contributed by atoms with van der Waals surface area (Å²) in [6, 6.07) is 9.31. The summed E-state index contributed by atoms with van der Waals surface area (Å²) < 4.78 is 0. The lowest BCUT2D eigenvalue weighted by molar-refractivity contribution is -0.385. The molecule has 1 heterocycles. The second-order valence-corrected chi connectivity index (χ2v) is 4.43. The highest BCUT2D eigenvalue weighted by atomic mass is 16.6. The van der Waals surface area contributed by atoms with Crippen LogP contribution in [-0.4, -0.2) is 21.7 Å². The van der Waals surface area contributed by atoms with Crippen molar-refractivity contribution in [3.63, 3.8) is 0 Å². The first-order valence-electron chi connectivity index (χ1n) is 6.29. The van der Waals surface area contributed by atoms with Gasteiger partial charge in [0.25, 0.3) is 11.6 Å². The maximum absolute atomic E-state index is 12.1. The first kappa shape index (κ1) is 15.1. The van der Waals surface area contributed by atoms with Gasteiger partial charge in [-0.25, -0.2) is 5.43 Å². The molecule has 0 aliphatic carbocycles. The van der Waals surface area contributed by atoms with E-state index in [0.717, 1.165) is 5.56 Å². The summed E-state index contributed by atoms with van der Waals surface area (Å²) in [7, 11) is 0. The van der Waals surface area contributed by atoms with Gasteiger partial charge < -0.3 is 5.73 Å². The number of pyridine rings is 1. The molecule has 0 aliphatic rings. The molecule has 8 heteroatoms. The van der Waals surface area contributed by atoms with E-state index in [1.165, 1.54) is 18.3 Å². The zero-order valence-corrected chi connectivity index (χ0v) is 11.7. The number of amidine groups is 1. The van der Waals surface area contributed by atoms with Crippen LogP contribution in [0.2, 0.25) is 0 Å². The van der Waals surface area contributed by atoms with E-state index in [0.29, 0.717) is 5.69 Å². The van der Waals surface area contributed by atoms with Crippen LogP contribution in [0.3, 0.4) is 0 Å². The quantitative estimate of drug-likeness (QED) is 0.381. The molecule has 3 N–H and O–H groups in total. The van der Waals surface area contributed by atoms with Crippen LogP contribution >= 0.6 is 0 Å². The molecule has 0 atom stereocenters. The first-order chi connectivity index (χ1) is 10.5. The van der Waals surface area contributed by atoms with Gasteiger partial charge in [0.1, 0.15) is 11.3 Å². The summed E-state index contributed by atoms with van der Waals surface area (Å²) in [5, 5.41) is 14.7. The molecule has 0 saturated carbocycles. The third kappa shape index (κ3) is 3.42. The highest BCUT2D eigenvalue weighted by Gasteiger charge is 2.19. The minimum absolute atomic E-state index is 0.00394. The molecule has 112 valence electrons. The fraction of sp³-hybridized carbons (Fsp3) is 0.0714. The van der Waals surface area contributed by atoms with E-state index < -0.39 is 10.8 Å². The Morgan fingerprint density at radius 3 is 2.77 bits per heavy atom.